The number of thiazole rings is 1. The molecule has 0 aliphatic rings. The minimum atomic E-state index is -0.442. The fourth-order valence-electron chi connectivity index (χ4n) is 2.49. The SMILES string of the molecule is COc1ccc(F)cc1COC(=O)Cc1csc(COc2ccc(C)cc2)n1. The Hall–Kier alpha value is -2.93. The molecule has 5 nitrogen and oxygen atoms in total. The number of rotatable bonds is 8. The van der Waals surface area contributed by atoms with Gasteiger partial charge in [-0.2, -0.15) is 0 Å². The van der Waals surface area contributed by atoms with E-state index in [0.717, 1.165) is 10.8 Å². The summed E-state index contributed by atoms with van der Waals surface area (Å²) in [4.78, 5) is 16.5. The number of benzene rings is 2. The van der Waals surface area contributed by atoms with Gasteiger partial charge in [0, 0.05) is 10.9 Å². The van der Waals surface area contributed by atoms with E-state index in [1.807, 2.05) is 31.2 Å². The molecule has 3 aromatic rings. The predicted octanol–water partition coefficient (Wildman–Crippen LogP) is 4.46. The first-order valence-electron chi connectivity index (χ1n) is 8.64. The summed E-state index contributed by atoms with van der Waals surface area (Å²) in [7, 11) is 1.48. The van der Waals surface area contributed by atoms with E-state index < -0.39 is 11.8 Å². The van der Waals surface area contributed by atoms with Gasteiger partial charge in [-0.15, -0.1) is 11.3 Å². The van der Waals surface area contributed by atoms with E-state index in [-0.39, 0.29) is 13.0 Å². The minimum Gasteiger partial charge on any atom is -0.496 e. The highest BCUT2D eigenvalue weighted by Gasteiger charge is 2.12. The van der Waals surface area contributed by atoms with Gasteiger partial charge in [0.25, 0.3) is 0 Å². The first-order valence-corrected chi connectivity index (χ1v) is 9.52. The summed E-state index contributed by atoms with van der Waals surface area (Å²) in [5.41, 5.74) is 2.25. The number of ether oxygens (including phenoxy) is 3. The zero-order valence-electron chi connectivity index (χ0n) is 15.6. The highest BCUT2D eigenvalue weighted by Crippen LogP contribution is 2.21. The number of methoxy groups -OCH3 is 1. The largest absolute Gasteiger partial charge is 0.496 e. The van der Waals surface area contributed by atoms with E-state index >= 15 is 0 Å². The van der Waals surface area contributed by atoms with Gasteiger partial charge in [0.05, 0.1) is 19.2 Å². The van der Waals surface area contributed by atoms with Gasteiger partial charge in [0.1, 0.15) is 35.5 Å². The van der Waals surface area contributed by atoms with Crippen molar-refractivity contribution in [1.82, 2.24) is 4.98 Å². The molecule has 0 atom stereocenters. The van der Waals surface area contributed by atoms with Crippen molar-refractivity contribution in [3.63, 3.8) is 0 Å². The van der Waals surface area contributed by atoms with Crippen molar-refractivity contribution < 1.29 is 23.4 Å². The number of carbonyl (C=O) groups is 1. The van der Waals surface area contributed by atoms with Crippen molar-refractivity contribution in [2.24, 2.45) is 0 Å². The molecule has 146 valence electrons. The molecule has 0 N–H and O–H groups in total. The Morgan fingerprint density at radius 3 is 2.68 bits per heavy atom. The van der Waals surface area contributed by atoms with Crippen molar-refractivity contribution in [1.29, 1.82) is 0 Å². The average molecular weight is 401 g/mol. The zero-order chi connectivity index (χ0) is 19.9. The van der Waals surface area contributed by atoms with Crippen LogP contribution in [0.3, 0.4) is 0 Å². The molecule has 0 aliphatic heterocycles. The number of carbonyl (C=O) groups excluding carboxylic acids is 1. The van der Waals surface area contributed by atoms with Gasteiger partial charge < -0.3 is 14.2 Å². The summed E-state index contributed by atoms with van der Waals surface area (Å²) in [6.45, 7) is 2.29. The molecule has 28 heavy (non-hydrogen) atoms. The third kappa shape index (κ3) is 5.53. The summed E-state index contributed by atoms with van der Waals surface area (Å²) >= 11 is 1.42. The lowest BCUT2D eigenvalue weighted by Crippen LogP contribution is -2.09. The zero-order valence-corrected chi connectivity index (χ0v) is 16.4. The number of nitrogens with zero attached hydrogens (tertiary/aromatic N) is 1. The number of hydrogen-bond acceptors (Lipinski definition) is 6. The number of esters is 1. The van der Waals surface area contributed by atoms with Crippen molar-refractivity contribution >= 4 is 17.3 Å². The van der Waals surface area contributed by atoms with E-state index in [1.165, 1.54) is 42.2 Å². The van der Waals surface area contributed by atoms with Gasteiger partial charge >= 0.3 is 5.97 Å². The summed E-state index contributed by atoms with van der Waals surface area (Å²) in [5, 5.41) is 2.58. The van der Waals surface area contributed by atoms with E-state index in [4.69, 9.17) is 14.2 Å². The normalized spacial score (nSPS) is 10.5. The first-order chi connectivity index (χ1) is 13.5. The molecule has 2 aromatic carbocycles. The minimum absolute atomic E-state index is 0.0403. The fourth-order valence-corrected chi connectivity index (χ4v) is 3.20. The standard InChI is InChI=1S/C21H20FNO4S/c1-14-3-6-18(7-4-14)26-12-20-23-17(13-28-20)10-21(24)27-11-15-9-16(22)5-8-19(15)25-2/h3-9,13H,10-12H2,1-2H3. The van der Waals surface area contributed by atoms with Crippen molar-refractivity contribution in [2.45, 2.75) is 26.6 Å². The quantitative estimate of drug-likeness (QED) is 0.522. The Kier molecular flexibility index (Phi) is 6.60. The van der Waals surface area contributed by atoms with Gasteiger partial charge in [-0.3, -0.25) is 4.79 Å². The lowest BCUT2D eigenvalue weighted by atomic mass is 10.2. The smallest absolute Gasteiger partial charge is 0.312 e. The molecule has 7 heteroatoms. The van der Waals surface area contributed by atoms with Crippen LogP contribution in [0.4, 0.5) is 4.39 Å². The average Bonchev–Trinajstić information content (AvgIpc) is 3.13. The fraction of sp³-hybridized carbons (Fsp3) is 0.238. The molecular formula is C21H20FNO4S. The Morgan fingerprint density at radius 1 is 1.14 bits per heavy atom. The monoisotopic (exact) mass is 401 g/mol. The van der Waals surface area contributed by atoms with Gasteiger partial charge in [0.2, 0.25) is 0 Å². The molecule has 0 aliphatic carbocycles. The maximum atomic E-state index is 13.4. The van der Waals surface area contributed by atoms with Crippen molar-refractivity contribution in [2.75, 3.05) is 7.11 Å². The lowest BCUT2D eigenvalue weighted by molar-refractivity contribution is -0.144. The summed E-state index contributed by atoms with van der Waals surface area (Å²) in [6.07, 6.45) is 0.0403. The van der Waals surface area contributed by atoms with Gasteiger partial charge in [-0.25, -0.2) is 9.37 Å². The summed E-state index contributed by atoms with van der Waals surface area (Å²) in [5.74, 6) is 0.386. The van der Waals surface area contributed by atoms with E-state index in [0.29, 0.717) is 23.6 Å². The topological polar surface area (TPSA) is 57.7 Å². The molecule has 0 unspecified atom stereocenters. The first kappa shape index (κ1) is 19.8. The Labute approximate surface area is 166 Å². The van der Waals surface area contributed by atoms with Crippen LogP contribution >= 0.6 is 11.3 Å². The van der Waals surface area contributed by atoms with Crippen LogP contribution < -0.4 is 9.47 Å². The second-order valence-corrected chi connectivity index (χ2v) is 7.07. The van der Waals surface area contributed by atoms with Crippen LogP contribution in [-0.4, -0.2) is 18.1 Å². The predicted molar refractivity (Wildman–Crippen MR) is 104 cm³/mol. The highest BCUT2D eigenvalue weighted by atomic mass is 32.1. The molecule has 1 heterocycles. The molecule has 0 spiro atoms. The molecule has 1 aromatic heterocycles. The number of halogens is 1. The molecule has 0 bridgehead atoms. The second kappa shape index (κ2) is 9.32. The Balaban J connectivity index is 1.50. The molecular weight excluding hydrogens is 381 g/mol. The van der Waals surface area contributed by atoms with E-state index in [2.05, 4.69) is 4.98 Å². The van der Waals surface area contributed by atoms with Crippen molar-refractivity contribution in [3.05, 3.63) is 75.5 Å². The van der Waals surface area contributed by atoms with Gasteiger partial charge in [0.15, 0.2) is 0 Å². The van der Waals surface area contributed by atoms with E-state index in [9.17, 15) is 9.18 Å². The molecule has 3 rings (SSSR count). The van der Waals surface area contributed by atoms with Crippen LogP contribution in [0.15, 0.2) is 47.8 Å². The number of hydrogen-bond donors (Lipinski definition) is 0. The number of aromatic nitrogens is 1. The lowest BCUT2D eigenvalue weighted by Gasteiger charge is -2.09. The number of aryl methyl sites for hydroxylation is 1. The van der Waals surface area contributed by atoms with Crippen LogP contribution in [-0.2, 0) is 29.2 Å². The third-order valence-electron chi connectivity index (χ3n) is 3.94. The van der Waals surface area contributed by atoms with E-state index in [1.54, 1.807) is 5.38 Å². The van der Waals surface area contributed by atoms with Crippen LogP contribution in [0.1, 0.15) is 21.8 Å². The Bertz CT molecular complexity index is 940. The third-order valence-corrected chi connectivity index (χ3v) is 4.81. The highest BCUT2D eigenvalue weighted by molar-refractivity contribution is 7.09. The molecule has 0 saturated heterocycles. The van der Waals surface area contributed by atoms with Crippen LogP contribution in [0.25, 0.3) is 0 Å². The van der Waals surface area contributed by atoms with Crippen LogP contribution in [0.5, 0.6) is 11.5 Å². The molecule has 0 radical (unpaired) electrons. The molecule has 0 amide bonds. The van der Waals surface area contributed by atoms with Gasteiger partial charge in [-0.1, -0.05) is 17.7 Å². The van der Waals surface area contributed by atoms with Gasteiger partial charge in [-0.05, 0) is 37.3 Å². The molecule has 0 fully saturated rings. The van der Waals surface area contributed by atoms with Crippen LogP contribution in [0.2, 0.25) is 0 Å². The summed E-state index contributed by atoms with van der Waals surface area (Å²) < 4.78 is 29.4. The Morgan fingerprint density at radius 2 is 1.93 bits per heavy atom. The van der Waals surface area contributed by atoms with Crippen molar-refractivity contribution in [3.8, 4) is 11.5 Å². The molecule has 0 saturated carbocycles. The maximum Gasteiger partial charge on any atom is 0.312 e. The maximum absolute atomic E-state index is 13.4. The van der Waals surface area contributed by atoms with Crippen LogP contribution in [0, 0.1) is 12.7 Å². The second-order valence-electron chi connectivity index (χ2n) is 6.13. The summed E-state index contributed by atoms with van der Waals surface area (Å²) in [6, 6.07) is 11.8.